The van der Waals surface area contributed by atoms with Crippen molar-refractivity contribution in [1.29, 1.82) is 0 Å². The zero-order valence-electron chi connectivity index (χ0n) is 15.7. The van der Waals surface area contributed by atoms with Gasteiger partial charge in [0, 0.05) is 51.9 Å². The molecule has 0 amide bonds. The number of aromatic nitrogens is 1. The van der Waals surface area contributed by atoms with Crippen LogP contribution in [-0.2, 0) is 6.54 Å². The molecule has 2 heterocycles. The maximum Gasteiger partial charge on any atom is 0.401 e. The van der Waals surface area contributed by atoms with Gasteiger partial charge in [0.2, 0.25) is 0 Å². The largest absolute Gasteiger partial charge is 0.401 e. The van der Waals surface area contributed by atoms with E-state index in [-0.39, 0.29) is 30.5 Å². The molecule has 156 valence electrons. The van der Waals surface area contributed by atoms with E-state index in [1.807, 2.05) is 13.0 Å². The first-order valence-electron chi connectivity index (χ1n) is 8.77. The standard InChI is InChI=1S/C16H27F3N6O.HI/c1-3-20-15(21-5-6-23(2)13-16(17,18)19)25-9-7-24(8-10-25)12-14-4-11-26-22-14;/h4,11H,3,5-10,12-13H2,1-2H3,(H,20,21);1H. The molecule has 0 aliphatic carbocycles. The molecule has 27 heavy (non-hydrogen) atoms. The third-order valence-corrected chi connectivity index (χ3v) is 4.08. The highest BCUT2D eigenvalue weighted by Crippen LogP contribution is 2.15. The van der Waals surface area contributed by atoms with Gasteiger partial charge in [0.15, 0.2) is 5.96 Å². The van der Waals surface area contributed by atoms with Crippen LogP contribution in [0.1, 0.15) is 12.6 Å². The quantitative estimate of drug-likeness (QED) is 0.348. The first-order valence-corrected chi connectivity index (χ1v) is 8.77. The fraction of sp³-hybridized carbons (Fsp3) is 0.750. The topological polar surface area (TPSA) is 60.1 Å². The van der Waals surface area contributed by atoms with E-state index in [0.717, 1.165) is 50.9 Å². The Morgan fingerprint density at radius 3 is 2.59 bits per heavy atom. The lowest BCUT2D eigenvalue weighted by atomic mass is 10.3. The van der Waals surface area contributed by atoms with Gasteiger partial charge in [-0.25, -0.2) is 0 Å². The minimum Gasteiger partial charge on any atom is -0.364 e. The van der Waals surface area contributed by atoms with Crippen LogP contribution >= 0.6 is 24.0 Å². The molecule has 2 rings (SSSR count). The number of piperazine rings is 1. The van der Waals surface area contributed by atoms with E-state index in [4.69, 9.17) is 4.52 Å². The molecule has 0 unspecified atom stereocenters. The van der Waals surface area contributed by atoms with Crippen LogP contribution < -0.4 is 5.32 Å². The van der Waals surface area contributed by atoms with E-state index < -0.39 is 12.7 Å². The number of guanidine groups is 1. The van der Waals surface area contributed by atoms with Gasteiger partial charge in [0.05, 0.1) is 18.8 Å². The first-order chi connectivity index (χ1) is 12.4. The summed E-state index contributed by atoms with van der Waals surface area (Å²) in [4.78, 5) is 10.2. The number of hydrogen-bond acceptors (Lipinski definition) is 5. The highest BCUT2D eigenvalue weighted by Gasteiger charge is 2.28. The van der Waals surface area contributed by atoms with Gasteiger partial charge >= 0.3 is 6.18 Å². The van der Waals surface area contributed by atoms with Gasteiger partial charge in [-0.05, 0) is 14.0 Å². The Hall–Kier alpha value is -1.08. The zero-order chi connectivity index (χ0) is 19.0. The van der Waals surface area contributed by atoms with Crippen molar-refractivity contribution in [1.82, 2.24) is 25.2 Å². The summed E-state index contributed by atoms with van der Waals surface area (Å²) in [7, 11) is 1.46. The predicted molar refractivity (Wildman–Crippen MR) is 108 cm³/mol. The normalized spacial score (nSPS) is 16.5. The fourth-order valence-electron chi connectivity index (χ4n) is 2.80. The Kier molecular flexibility index (Phi) is 10.4. The summed E-state index contributed by atoms with van der Waals surface area (Å²) in [6.07, 6.45) is -2.61. The van der Waals surface area contributed by atoms with Crippen molar-refractivity contribution >= 4 is 29.9 Å². The number of likely N-dealkylation sites (N-methyl/N-ethyl adjacent to an activating group) is 1. The lowest BCUT2D eigenvalue weighted by Gasteiger charge is -2.36. The fourth-order valence-corrected chi connectivity index (χ4v) is 2.80. The molecule has 0 saturated carbocycles. The molecule has 1 aliphatic heterocycles. The number of aliphatic imine (C=N–C) groups is 1. The monoisotopic (exact) mass is 504 g/mol. The Labute approximate surface area is 175 Å². The van der Waals surface area contributed by atoms with Gasteiger partial charge in [0.1, 0.15) is 6.26 Å². The van der Waals surface area contributed by atoms with E-state index in [1.165, 1.54) is 11.9 Å². The van der Waals surface area contributed by atoms with Crippen molar-refractivity contribution in [2.75, 3.05) is 59.4 Å². The molecule has 1 aliphatic rings. The second-order valence-corrected chi connectivity index (χ2v) is 6.34. The van der Waals surface area contributed by atoms with Gasteiger partial charge in [-0.15, -0.1) is 24.0 Å². The van der Waals surface area contributed by atoms with Gasteiger partial charge in [-0.3, -0.25) is 14.8 Å². The molecule has 1 fully saturated rings. The predicted octanol–water partition coefficient (Wildman–Crippen LogP) is 1.87. The van der Waals surface area contributed by atoms with Crippen LogP contribution in [0, 0.1) is 0 Å². The molecular weight excluding hydrogens is 476 g/mol. The van der Waals surface area contributed by atoms with Crippen LogP contribution in [0.4, 0.5) is 13.2 Å². The molecule has 0 radical (unpaired) electrons. The maximum absolute atomic E-state index is 12.4. The van der Waals surface area contributed by atoms with E-state index in [0.29, 0.717) is 6.54 Å². The van der Waals surface area contributed by atoms with Gasteiger partial charge in [-0.1, -0.05) is 5.16 Å². The smallest absolute Gasteiger partial charge is 0.364 e. The van der Waals surface area contributed by atoms with Crippen molar-refractivity contribution in [3.8, 4) is 0 Å². The number of alkyl halides is 3. The molecule has 0 bridgehead atoms. The molecule has 0 atom stereocenters. The summed E-state index contributed by atoms with van der Waals surface area (Å²) in [5, 5.41) is 7.15. The first kappa shape index (κ1) is 24.0. The summed E-state index contributed by atoms with van der Waals surface area (Å²) < 4.78 is 41.9. The Morgan fingerprint density at radius 1 is 1.33 bits per heavy atom. The molecule has 0 aromatic carbocycles. The maximum atomic E-state index is 12.4. The second-order valence-electron chi connectivity index (χ2n) is 6.34. The van der Waals surface area contributed by atoms with E-state index in [9.17, 15) is 13.2 Å². The number of rotatable bonds is 7. The second kappa shape index (κ2) is 11.7. The molecule has 1 saturated heterocycles. The third-order valence-electron chi connectivity index (χ3n) is 4.08. The van der Waals surface area contributed by atoms with Crippen LogP contribution in [0.15, 0.2) is 21.8 Å². The number of halogens is 4. The third kappa shape index (κ3) is 9.10. The van der Waals surface area contributed by atoms with Gasteiger partial charge in [-0.2, -0.15) is 13.2 Å². The highest BCUT2D eigenvalue weighted by atomic mass is 127. The van der Waals surface area contributed by atoms with Crippen LogP contribution in [0.3, 0.4) is 0 Å². The summed E-state index contributed by atoms with van der Waals surface area (Å²) in [6.45, 7) is 6.47. The minimum absolute atomic E-state index is 0. The highest BCUT2D eigenvalue weighted by molar-refractivity contribution is 14.0. The van der Waals surface area contributed by atoms with Crippen LogP contribution in [0.25, 0.3) is 0 Å². The molecular formula is C16H28F3IN6O. The zero-order valence-corrected chi connectivity index (χ0v) is 18.0. The Balaban J connectivity index is 0.00000364. The van der Waals surface area contributed by atoms with Crippen LogP contribution in [-0.4, -0.2) is 91.4 Å². The lowest BCUT2D eigenvalue weighted by molar-refractivity contribution is -0.142. The lowest BCUT2D eigenvalue weighted by Crippen LogP contribution is -2.52. The van der Waals surface area contributed by atoms with Crippen molar-refractivity contribution in [2.45, 2.75) is 19.6 Å². The summed E-state index contributed by atoms with van der Waals surface area (Å²) >= 11 is 0. The minimum atomic E-state index is -4.18. The average molecular weight is 504 g/mol. The molecule has 1 aromatic heterocycles. The summed E-state index contributed by atoms with van der Waals surface area (Å²) in [6, 6.07) is 1.86. The summed E-state index contributed by atoms with van der Waals surface area (Å²) in [5.74, 6) is 0.758. The van der Waals surface area contributed by atoms with E-state index in [2.05, 4.69) is 25.3 Å². The van der Waals surface area contributed by atoms with Crippen molar-refractivity contribution in [2.24, 2.45) is 4.99 Å². The van der Waals surface area contributed by atoms with E-state index in [1.54, 1.807) is 6.26 Å². The van der Waals surface area contributed by atoms with Crippen LogP contribution in [0.2, 0.25) is 0 Å². The molecule has 1 aromatic rings. The van der Waals surface area contributed by atoms with Gasteiger partial charge in [0.25, 0.3) is 0 Å². The van der Waals surface area contributed by atoms with Crippen molar-refractivity contribution in [3.05, 3.63) is 18.0 Å². The number of nitrogens with one attached hydrogen (secondary N) is 1. The Bertz CT molecular complexity index is 547. The number of nitrogens with zero attached hydrogens (tertiary/aromatic N) is 5. The summed E-state index contributed by atoms with van der Waals surface area (Å²) in [5.41, 5.74) is 0.909. The molecule has 11 heteroatoms. The van der Waals surface area contributed by atoms with Crippen molar-refractivity contribution < 1.29 is 17.7 Å². The molecule has 7 nitrogen and oxygen atoms in total. The molecule has 0 spiro atoms. The SMILES string of the molecule is CCNC(=NCCN(C)CC(F)(F)F)N1CCN(Cc2ccon2)CC1.I. The molecule has 1 N–H and O–H groups in total. The van der Waals surface area contributed by atoms with Crippen molar-refractivity contribution in [3.63, 3.8) is 0 Å². The van der Waals surface area contributed by atoms with Gasteiger partial charge < -0.3 is 14.7 Å². The van der Waals surface area contributed by atoms with E-state index >= 15 is 0 Å². The van der Waals surface area contributed by atoms with Crippen LogP contribution in [0.5, 0.6) is 0 Å². The number of hydrogen-bond donors (Lipinski definition) is 1. The Morgan fingerprint density at radius 2 is 2.04 bits per heavy atom. The average Bonchev–Trinajstić information content (AvgIpc) is 3.06.